The molecule has 2 aliphatic heterocycles. The molecule has 0 aromatic heterocycles. The first-order valence-corrected chi connectivity index (χ1v) is 42.4. The number of imide groups is 2. The number of hydrogen-bond donors (Lipinski definition) is 7. The Bertz CT molecular complexity index is 3140. The molecule has 7 N–H and O–H groups in total. The smallest absolute Gasteiger partial charge is 0.253 e. The maximum absolute atomic E-state index is 11.2. The van der Waals surface area contributed by atoms with Crippen LogP contribution in [-0.4, -0.2) is 340 Å². The molecule has 0 aliphatic carbocycles. The summed E-state index contributed by atoms with van der Waals surface area (Å²) in [5, 5.41) is 31.4. The summed E-state index contributed by atoms with van der Waals surface area (Å²) in [6.45, 7) is 46.9. The summed E-state index contributed by atoms with van der Waals surface area (Å²) in [4.78, 5) is 137. The van der Waals surface area contributed by atoms with Crippen molar-refractivity contribution in [3.05, 3.63) is 137 Å². The second kappa shape index (κ2) is 81.9. The molecule has 688 valence electrons. The number of ketones is 2. The lowest BCUT2D eigenvalue weighted by Crippen LogP contribution is -2.34. The zero-order valence-corrected chi connectivity index (χ0v) is 72.4. The molecule has 2 atom stereocenters. The molecule has 40 heteroatoms. The summed E-state index contributed by atoms with van der Waals surface area (Å²) >= 11 is 0. The first kappa shape index (κ1) is 118. The number of sulfone groups is 1. The number of carbonyl (C=O) groups is 12. The van der Waals surface area contributed by atoms with Crippen molar-refractivity contribution in [3.8, 4) is 0 Å². The Morgan fingerprint density at radius 2 is 0.769 bits per heavy atom. The monoisotopic (exact) mass is 1760 g/mol. The van der Waals surface area contributed by atoms with Crippen molar-refractivity contribution in [2.24, 2.45) is 0 Å². The average molecular weight is 1760 g/mol. The summed E-state index contributed by atoms with van der Waals surface area (Å²) in [5.74, 6) is -2.17. The fourth-order valence-electron chi connectivity index (χ4n) is 8.29. The van der Waals surface area contributed by atoms with E-state index in [1.807, 2.05) is 6.92 Å². The Balaban J connectivity index is -0.000000685. The van der Waals surface area contributed by atoms with Gasteiger partial charge in [0.2, 0.25) is 45.5 Å². The largest absolute Gasteiger partial charge is 0.391 e. The average Bonchev–Trinajstić information content (AvgIpc) is 1.75. The van der Waals surface area contributed by atoms with Gasteiger partial charge in [-0.15, -0.1) is 0 Å². The maximum Gasteiger partial charge on any atom is 0.253 e. The van der Waals surface area contributed by atoms with Crippen molar-refractivity contribution in [1.29, 1.82) is 0 Å². The molecular weight excluding hydrogens is 1630 g/mol. The van der Waals surface area contributed by atoms with Crippen LogP contribution in [0.15, 0.2) is 137 Å². The van der Waals surface area contributed by atoms with Crippen molar-refractivity contribution in [2.75, 3.05) is 210 Å². The highest BCUT2D eigenvalue weighted by Crippen LogP contribution is 2.06. The number of amides is 10. The predicted octanol–water partition coefficient (Wildman–Crippen LogP) is 1.73. The SMILES string of the molecule is C=CC(=O)CCC(O)COCCCCOCC(O)CNC(=O)C=C.C=CC(=O)CCCNC(=O)C=C.C=CC(=O)NCCCOCCOCCOCCCNC(=O)CC.C=CN(CCOCCOCCN(C=C)C(C)=O)C(C)=O.C=CS(=O)(=O)CCCOCCOCCNS(=O)(=O)C=C.O=C1C=CC(=O)N1CCOCCOCCN1C(=O)C=CC1=O. The Kier molecular flexibility index (Phi) is 80.0. The van der Waals surface area contributed by atoms with Crippen LogP contribution in [0.2, 0.25) is 0 Å². The van der Waals surface area contributed by atoms with E-state index in [-0.39, 0.29) is 142 Å². The van der Waals surface area contributed by atoms with Gasteiger partial charge in [0.25, 0.3) is 23.6 Å². The third-order valence-corrected chi connectivity index (χ3v) is 17.4. The topological polar surface area (TPSA) is 488 Å². The molecule has 10 amide bonds. The van der Waals surface area contributed by atoms with E-state index in [4.69, 9.17) is 52.1 Å². The number of hydrogen-bond acceptors (Lipinski definition) is 29. The minimum atomic E-state index is -3.40. The van der Waals surface area contributed by atoms with Crippen LogP contribution in [-0.2, 0) is 130 Å². The molecule has 2 rings (SSSR count). The summed E-state index contributed by atoms with van der Waals surface area (Å²) < 4.78 is 104. The molecule has 0 spiro atoms. The number of aliphatic hydroxyl groups is 2. The Hall–Kier alpha value is -9.08. The van der Waals surface area contributed by atoms with Crippen LogP contribution < -0.4 is 26.0 Å². The van der Waals surface area contributed by atoms with Crippen LogP contribution in [0.4, 0.5) is 0 Å². The van der Waals surface area contributed by atoms with Crippen molar-refractivity contribution in [2.45, 2.75) is 97.2 Å². The number of carbonyl (C=O) groups excluding carboxylic acids is 12. The lowest BCUT2D eigenvalue weighted by molar-refractivity contribution is -0.139. The molecule has 0 saturated heterocycles. The summed E-state index contributed by atoms with van der Waals surface area (Å²) in [5.41, 5.74) is 0. The molecule has 0 saturated carbocycles. The van der Waals surface area contributed by atoms with Crippen LogP contribution in [0, 0.1) is 0 Å². The number of nitrogens with zero attached hydrogens (tertiary/aromatic N) is 4. The van der Waals surface area contributed by atoms with E-state index >= 15 is 0 Å². The number of sulfonamides is 1. The van der Waals surface area contributed by atoms with Crippen LogP contribution in [0.3, 0.4) is 0 Å². The van der Waals surface area contributed by atoms with E-state index in [9.17, 15) is 84.6 Å². The van der Waals surface area contributed by atoms with Gasteiger partial charge in [0.1, 0.15) is 0 Å². The van der Waals surface area contributed by atoms with Gasteiger partial charge in [-0.1, -0.05) is 66.1 Å². The number of allylic oxidation sites excluding steroid dienone is 2. The highest BCUT2D eigenvalue weighted by Gasteiger charge is 2.24. The van der Waals surface area contributed by atoms with Crippen LogP contribution in [0.1, 0.15) is 85.0 Å². The molecule has 121 heavy (non-hydrogen) atoms. The standard InChI is InChI=1S/C17H29NO6.C16H30N2O5.C14H16N2O6.C14H24N2O4.C11H21NO6S2.C9H13NO2/c1-3-14(19)7-8-15(20)12-23-9-5-6-10-24-13-16(21)11-18-17(22)4-2;1-3-15(19)17-7-5-9-21-11-13-23-14-12-22-10-6-8-18-16(20)4-2;17-11-1-2-12(18)15(11)5-7-21-9-10-22-8-6-16-13(19)3-4-14(16)20;1-5-15(13(3)17)7-9-19-11-12-20-10-8-16(6-2)14(4)18;1-3-19(13,14)11-5-7-17-9-10-18-8-6-12-20(15,16)4-2;1-3-8(11)6-5-7-10-9(12)4-2/h3-4,15-16,20-21H,1-2,5-13H2,(H,18,22);3H,1,4-14H2,2H3,(H,17,19)(H,18,20);1-4H,5-10H2;5-6H,1-2,7-12H2,3-4H3;3-4,12H,1-2,5-11H2;3-4H,1-2,5-7H2,(H,10,12). The first-order chi connectivity index (χ1) is 57.8. The van der Waals surface area contributed by atoms with E-state index in [2.05, 4.69) is 85.2 Å². The van der Waals surface area contributed by atoms with E-state index in [1.54, 1.807) is 0 Å². The van der Waals surface area contributed by atoms with Gasteiger partial charge >= 0.3 is 0 Å². The number of ether oxygens (including phenoxy) is 11. The zero-order chi connectivity index (χ0) is 91.6. The first-order valence-electron chi connectivity index (χ1n) is 39.2. The van der Waals surface area contributed by atoms with Crippen molar-refractivity contribution in [1.82, 2.24) is 45.6 Å². The number of aliphatic hydroxyl groups excluding tert-OH is 2. The Morgan fingerprint density at radius 1 is 0.413 bits per heavy atom. The van der Waals surface area contributed by atoms with Crippen molar-refractivity contribution in [3.63, 3.8) is 0 Å². The number of nitrogens with one attached hydrogen (secondary N) is 5. The van der Waals surface area contributed by atoms with Gasteiger partial charge in [0.15, 0.2) is 21.4 Å². The predicted molar refractivity (Wildman–Crippen MR) is 454 cm³/mol. The van der Waals surface area contributed by atoms with E-state index in [0.29, 0.717) is 177 Å². The normalized spacial score (nSPS) is 12.2. The summed E-state index contributed by atoms with van der Waals surface area (Å²) in [6, 6.07) is 0. The second-order valence-corrected chi connectivity index (χ2v) is 28.4. The van der Waals surface area contributed by atoms with E-state index < -0.39 is 32.1 Å². The summed E-state index contributed by atoms with van der Waals surface area (Å²) in [6.07, 6.45) is 18.3. The molecule has 0 fully saturated rings. The maximum atomic E-state index is 11.2. The summed E-state index contributed by atoms with van der Waals surface area (Å²) in [7, 11) is -6.56. The number of rotatable bonds is 71. The van der Waals surface area contributed by atoms with Crippen molar-refractivity contribution >= 4 is 90.5 Å². The van der Waals surface area contributed by atoms with Gasteiger partial charge in [-0.3, -0.25) is 67.3 Å². The lowest BCUT2D eigenvalue weighted by atomic mass is 10.1. The fraction of sp³-hybridized carbons (Fsp3) is 0.580. The minimum absolute atomic E-state index is 0.00264. The molecule has 0 aromatic carbocycles. The van der Waals surface area contributed by atoms with Gasteiger partial charge in [-0.05, 0) is 87.7 Å². The van der Waals surface area contributed by atoms with Crippen LogP contribution in [0.5, 0.6) is 0 Å². The van der Waals surface area contributed by atoms with Gasteiger partial charge in [0.05, 0.1) is 143 Å². The molecule has 0 bridgehead atoms. The van der Waals surface area contributed by atoms with Crippen LogP contribution in [0.25, 0.3) is 0 Å². The highest BCUT2D eigenvalue weighted by molar-refractivity contribution is 7.94. The molecule has 2 unspecified atom stereocenters. The van der Waals surface area contributed by atoms with Gasteiger partial charge in [0, 0.05) is 147 Å². The molecule has 2 aliphatic rings. The number of unbranched alkanes of at least 4 members (excludes halogenated alkanes) is 1. The molecule has 0 aromatic rings. The molecule has 2 heterocycles. The lowest BCUT2D eigenvalue weighted by Gasteiger charge is -2.16. The molecule has 0 radical (unpaired) electrons. The minimum Gasteiger partial charge on any atom is -0.391 e. The van der Waals surface area contributed by atoms with Crippen molar-refractivity contribution < 1.29 is 137 Å². The second-order valence-electron chi connectivity index (χ2n) is 24.6. The van der Waals surface area contributed by atoms with Gasteiger partial charge < -0.3 is 93.4 Å². The third-order valence-electron chi connectivity index (χ3n) is 15.0. The molecular formula is C81H133N9O29S2. The van der Waals surface area contributed by atoms with E-state index in [1.165, 1.54) is 84.7 Å². The van der Waals surface area contributed by atoms with Gasteiger partial charge in [-0.25, -0.2) is 21.6 Å². The quantitative estimate of drug-likeness (QED) is 0.0259. The zero-order valence-electron chi connectivity index (χ0n) is 70.7. The van der Waals surface area contributed by atoms with Crippen LogP contribution >= 0.6 is 0 Å². The third kappa shape index (κ3) is 78.0. The van der Waals surface area contributed by atoms with E-state index in [0.717, 1.165) is 52.4 Å². The Labute approximate surface area is 713 Å². The Morgan fingerprint density at radius 3 is 1.16 bits per heavy atom. The highest BCUT2D eigenvalue weighted by atomic mass is 32.2. The fourth-order valence-corrected chi connectivity index (χ4v) is 9.46. The molecule has 38 nitrogen and oxygen atoms in total. The van der Waals surface area contributed by atoms with Gasteiger partial charge in [-0.2, -0.15) is 0 Å².